The third kappa shape index (κ3) is 3.02. The van der Waals surface area contributed by atoms with Crippen LogP contribution in [0.1, 0.15) is 17.5 Å². The number of halogens is 1. The van der Waals surface area contributed by atoms with Crippen molar-refractivity contribution in [3.05, 3.63) is 76.3 Å². The molecule has 0 atom stereocenters. The number of nitriles is 1. The SMILES string of the molecule is N#Cc1ccc(N2CCCN2Cc2ccccc2Br)c2ccccc12. The van der Waals surface area contributed by atoms with E-state index in [-0.39, 0.29) is 0 Å². The van der Waals surface area contributed by atoms with Crippen LogP contribution in [-0.4, -0.2) is 18.1 Å². The van der Waals surface area contributed by atoms with Gasteiger partial charge < -0.3 is 5.01 Å². The smallest absolute Gasteiger partial charge is 0.0998 e. The lowest BCUT2D eigenvalue weighted by atomic mass is 10.0. The van der Waals surface area contributed by atoms with E-state index in [0.717, 1.165) is 46.9 Å². The van der Waals surface area contributed by atoms with Crippen molar-refractivity contribution in [2.45, 2.75) is 13.0 Å². The summed E-state index contributed by atoms with van der Waals surface area (Å²) in [5.41, 5.74) is 3.20. The van der Waals surface area contributed by atoms with Crippen LogP contribution in [0.5, 0.6) is 0 Å². The molecule has 124 valence electrons. The van der Waals surface area contributed by atoms with Crippen LogP contribution in [0.25, 0.3) is 10.8 Å². The number of anilines is 1. The lowest BCUT2D eigenvalue weighted by Crippen LogP contribution is -2.36. The monoisotopic (exact) mass is 391 g/mol. The number of hydrazine groups is 1. The van der Waals surface area contributed by atoms with Gasteiger partial charge in [-0.05, 0) is 30.2 Å². The summed E-state index contributed by atoms with van der Waals surface area (Å²) in [4.78, 5) is 0. The number of hydrogen-bond acceptors (Lipinski definition) is 3. The zero-order valence-corrected chi connectivity index (χ0v) is 15.4. The Kier molecular flexibility index (Phi) is 4.44. The highest BCUT2D eigenvalue weighted by Crippen LogP contribution is 2.33. The van der Waals surface area contributed by atoms with Crippen molar-refractivity contribution >= 4 is 32.4 Å². The molecule has 1 heterocycles. The molecule has 0 spiro atoms. The quantitative estimate of drug-likeness (QED) is 0.621. The van der Waals surface area contributed by atoms with E-state index in [9.17, 15) is 5.26 Å². The van der Waals surface area contributed by atoms with Crippen molar-refractivity contribution in [1.82, 2.24) is 5.01 Å². The average molecular weight is 392 g/mol. The molecule has 0 saturated carbocycles. The molecule has 0 amide bonds. The average Bonchev–Trinajstić information content (AvgIpc) is 3.10. The van der Waals surface area contributed by atoms with E-state index in [0.29, 0.717) is 0 Å². The van der Waals surface area contributed by atoms with Crippen LogP contribution in [0.2, 0.25) is 0 Å². The van der Waals surface area contributed by atoms with Gasteiger partial charge in [-0.15, -0.1) is 0 Å². The molecule has 0 aliphatic carbocycles. The fourth-order valence-corrected chi connectivity index (χ4v) is 3.94. The lowest BCUT2D eigenvalue weighted by Gasteiger charge is -2.31. The molecule has 0 aromatic heterocycles. The molecule has 0 radical (unpaired) electrons. The zero-order valence-electron chi connectivity index (χ0n) is 13.8. The fourth-order valence-electron chi connectivity index (χ4n) is 3.53. The number of nitrogens with zero attached hydrogens (tertiary/aromatic N) is 3. The molecule has 1 aliphatic heterocycles. The summed E-state index contributed by atoms with van der Waals surface area (Å²) >= 11 is 3.66. The predicted octanol–water partition coefficient (Wildman–Crippen LogP) is 5.10. The second-order valence-corrected chi connectivity index (χ2v) is 7.10. The molecule has 25 heavy (non-hydrogen) atoms. The zero-order chi connectivity index (χ0) is 17.2. The van der Waals surface area contributed by atoms with Gasteiger partial charge in [0.1, 0.15) is 0 Å². The summed E-state index contributed by atoms with van der Waals surface area (Å²) in [7, 11) is 0. The maximum absolute atomic E-state index is 9.39. The lowest BCUT2D eigenvalue weighted by molar-refractivity contribution is 0.303. The van der Waals surface area contributed by atoms with Crippen LogP contribution >= 0.6 is 15.9 Å². The van der Waals surface area contributed by atoms with E-state index < -0.39 is 0 Å². The summed E-state index contributed by atoms with van der Waals surface area (Å²) in [6, 6.07) is 22.9. The number of hydrogen-bond donors (Lipinski definition) is 0. The van der Waals surface area contributed by atoms with Gasteiger partial charge in [-0.25, -0.2) is 5.01 Å². The van der Waals surface area contributed by atoms with Crippen molar-refractivity contribution in [1.29, 1.82) is 5.26 Å². The highest BCUT2D eigenvalue weighted by Gasteiger charge is 2.24. The Morgan fingerprint density at radius 1 is 0.920 bits per heavy atom. The summed E-state index contributed by atoms with van der Waals surface area (Å²) in [6.07, 6.45) is 1.14. The van der Waals surface area contributed by atoms with Crippen LogP contribution in [-0.2, 0) is 6.54 Å². The maximum atomic E-state index is 9.39. The Morgan fingerprint density at radius 3 is 2.48 bits per heavy atom. The molecule has 3 aromatic rings. The first-order chi connectivity index (χ1) is 12.3. The van der Waals surface area contributed by atoms with E-state index in [1.54, 1.807) is 0 Å². The molecule has 3 aromatic carbocycles. The van der Waals surface area contributed by atoms with Gasteiger partial charge in [0.15, 0.2) is 0 Å². The van der Waals surface area contributed by atoms with E-state index in [1.165, 1.54) is 11.3 Å². The standard InChI is InChI=1S/C21H18BrN3/c22-20-9-4-1-6-17(20)15-24-12-5-13-25(24)21-11-10-16(14-23)18-7-2-3-8-19(18)21/h1-4,6-11H,5,12-13,15H2. The summed E-state index contributed by atoms with van der Waals surface area (Å²) in [5, 5.41) is 16.3. The van der Waals surface area contributed by atoms with Gasteiger partial charge in [0.05, 0.1) is 17.3 Å². The second-order valence-electron chi connectivity index (χ2n) is 6.25. The Bertz CT molecular complexity index is 961. The predicted molar refractivity (Wildman–Crippen MR) is 105 cm³/mol. The molecule has 1 aliphatic rings. The Hall–Kier alpha value is -2.35. The van der Waals surface area contributed by atoms with Crippen molar-refractivity contribution in [3.8, 4) is 6.07 Å². The first-order valence-electron chi connectivity index (χ1n) is 8.45. The molecular weight excluding hydrogens is 374 g/mol. The molecule has 4 heteroatoms. The molecule has 3 nitrogen and oxygen atoms in total. The number of benzene rings is 3. The van der Waals surface area contributed by atoms with Crippen LogP contribution in [0.15, 0.2) is 65.1 Å². The highest BCUT2D eigenvalue weighted by atomic mass is 79.9. The van der Waals surface area contributed by atoms with Crippen LogP contribution in [0, 0.1) is 11.3 Å². The Balaban J connectivity index is 1.73. The topological polar surface area (TPSA) is 30.3 Å². The molecule has 0 unspecified atom stereocenters. The van der Waals surface area contributed by atoms with E-state index >= 15 is 0 Å². The Morgan fingerprint density at radius 2 is 1.68 bits per heavy atom. The third-order valence-electron chi connectivity index (χ3n) is 4.74. The largest absolute Gasteiger partial charge is 0.305 e. The van der Waals surface area contributed by atoms with Crippen LogP contribution < -0.4 is 5.01 Å². The van der Waals surface area contributed by atoms with Gasteiger partial charge in [-0.1, -0.05) is 58.4 Å². The third-order valence-corrected chi connectivity index (χ3v) is 5.51. The van der Waals surface area contributed by atoms with Gasteiger partial charge in [0.2, 0.25) is 0 Å². The van der Waals surface area contributed by atoms with E-state index in [2.05, 4.69) is 62.3 Å². The van der Waals surface area contributed by atoms with Crippen molar-refractivity contribution in [3.63, 3.8) is 0 Å². The normalized spacial score (nSPS) is 14.8. The van der Waals surface area contributed by atoms with Gasteiger partial charge in [-0.3, -0.25) is 0 Å². The second kappa shape index (κ2) is 6.87. The van der Waals surface area contributed by atoms with Gasteiger partial charge in [0, 0.05) is 34.9 Å². The van der Waals surface area contributed by atoms with E-state index in [1.807, 2.05) is 30.3 Å². The van der Waals surface area contributed by atoms with Gasteiger partial charge >= 0.3 is 0 Å². The van der Waals surface area contributed by atoms with Crippen LogP contribution in [0.3, 0.4) is 0 Å². The molecule has 4 rings (SSSR count). The highest BCUT2D eigenvalue weighted by molar-refractivity contribution is 9.10. The summed E-state index contributed by atoms with van der Waals surface area (Å²) < 4.78 is 1.14. The number of rotatable bonds is 3. The van der Waals surface area contributed by atoms with Gasteiger partial charge in [0.25, 0.3) is 0 Å². The van der Waals surface area contributed by atoms with Crippen molar-refractivity contribution < 1.29 is 0 Å². The first-order valence-corrected chi connectivity index (χ1v) is 9.25. The molecule has 1 fully saturated rings. The first kappa shape index (κ1) is 16.1. The van der Waals surface area contributed by atoms with Crippen molar-refractivity contribution in [2.24, 2.45) is 0 Å². The molecular formula is C21H18BrN3. The minimum Gasteiger partial charge on any atom is -0.305 e. The summed E-state index contributed by atoms with van der Waals surface area (Å²) in [6.45, 7) is 2.91. The van der Waals surface area contributed by atoms with E-state index in [4.69, 9.17) is 0 Å². The van der Waals surface area contributed by atoms with Crippen molar-refractivity contribution in [2.75, 3.05) is 18.1 Å². The fraction of sp³-hybridized carbons (Fsp3) is 0.190. The summed E-state index contributed by atoms with van der Waals surface area (Å²) in [5.74, 6) is 0. The molecule has 1 saturated heterocycles. The maximum Gasteiger partial charge on any atom is 0.0998 e. The Labute approximate surface area is 156 Å². The molecule has 0 bridgehead atoms. The number of fused-ring (bicyclic) bond motifs is 1. The molecule has 0 N–H and O–H groups in total. The van der Waals surface area contributed by atoms with Gasteiger partial charge in [-0.2, -0.15) is 5.26 Å². The minimum absolute atomic E-state index is 0.732. The van der Waals surface area contributed by atoms with Crippen LogP contribution in [0.4, 0.5) is 5.69 Å². The minimum atomic E-state index is 0.732.